The molecule has 1 atom stereocenters. The standard InChI is InChI=1S/C72H130O6/c1-4-7-10-13-16-19-22-25-27-29-30-31-32-33-34-35-36-37-38-39-40-41-42-44-45-47-50-53-56-59-62-65-71(74)77-68-69(67-76-70(73)64-61-58-55-52-49-24-21-18-15-12-9-6-3)78-72(75)66-63-60-57-54-51-48-46-43-28-26-23-20-17-14-11-8-5-2/h17,20,22,25-26,28-30,32-33,69H,4-16,18-19,21,23-24,27,31,34-68H2,1-3H3/b20-17-,25-22-,28-26-,30-29-,33-32-. The minimum Gasteiger partial charge on any atom is -0.462 e. The molecule has 0 amide bonds. The van der Waals surface area contributed by atoms with Gasteiger partial charge >= 0.3 is 17.9 Å². The first-order valence-corrected chi connectivity index (χ1v) is 34.3. The highest BCUT2D eigenvalue weighted by Crippen LogP contribution is 2.17. The number of carbonyl (C=O) groups is 3. The molecule has 0 aromatic carbocycles. The Morgan fingerprint density at radius 2 is 0.462 bits per heavy atom. The van der Waals surface area contributed by atoms with Crippen molar-refractivity contribution in [1.82, 2.24) is 0 Å². The van der Waals surface area contributed by atoms with E-state index in [2.05, 4.69) is 81.5 Å². The molecule has 6 heteroatoms. The first-order chi connectivity index (χ1) is 38.5. The maximum absolute atomic E-state index is 12.9. The van der Waals surface area contributed by atoms with E-state index in [0.717, 1.165) is 83.5 Å². The second-order valence-corrected chi connectivity index (χ2v) is 23.1. The van der Waals surface area contributed by atoms with Gasteiger partial charge in [-0.05, 0) is 89.9 Å². The molecule has 0 N–H and O–H groups in total. The Hall–Kier alpha value is -2.89. The molecule has 6 nitrogen and oxygen atoms in total. The summed E-state index contributed by atoms with van der Waals surface area (Å²) in [6.45, 7) is 6.64. The van der Waals surface area contributed by atoms with Gasteiger partial charge in [-0.2, -0.15) is 0 Å². The van der Waals surface area contributed by atoms with Crippen molar-refractivity contribution in [3.8, 4) is 0 Å². The third-order valence-electron chi connectivity index (χ3n) is 15.2. The Kier molecular flexibility index (Phi) is 64.2. The van der Waals surface area contributed by atoms with Crippen molar-refractivity contribution in [3.05, 3.63) is 60.8 Å². The molecule has 0 spiro atoms. The van der Waals surface area contributed by atoms with Gasteiger partial charge in [0.15, 0.2) is 6.10 Å². The summed E-state index contributed by atoms with van der Waals surface area (Å²) in [7, 11) is 0. The van der Waals surface area contributed by atoms with E-state index in [1.165, 1.54) is 238 Å². The van der Waals surface area contributed by atoms with Crippen molar-refractivity contribution < 1.29 is 28.6 Å². The summed E-state index contributed by atoms with van der Waals surface area (Å²) in [5.74, 6) is -0.861. The lowest BCUT2D eigenvalue weighted by Crippen LogP contribution is -2.30. The van der Waals surface area contributed by atoms with Gasteiger partial charge in [0.25, 0.3) is 0 Å². The molecule has 0 aliphatic heterocycles. The molecule has 0 bridgehead atoms. The number of ether oxygens (including phenoxy) is 3. The largest absolute Gasteiger partial charge is 0.462 e. The molecule has 0 aromatic rings. The highest BCUT2D eigenvalue weighted by molar-refractivity contribution is 5.71. The van der Waals surface area contributed by atoms with Crippen LogP contribution < -0.4 is 0 Å². The zero-order chi connectivity index (χ0) is 56.4. The second-order valence-electron chi connectivity index (χ2n) is 23.1. The number of unbranched alkanes of at least 4 members (excludes halogenated alkanes) is 42. The van der Waals surface area contributed by atoms with Crippen LogP contribution in [0.4, 0.5) is 0 Å². The summed E-state index contributed by atoms with van der Waals surface area (Å²) < 4.78 is 16.9. The van der Waals surface area contributed by atoms with Crippen LogP contribution >= 0.6 is 0 Å². The molecule has 0 heterocycles. The average molecular weight is 1090 g/mol. The summed E-state index contributed by atoms with van der Waals surface area (Å²) in [4.78, 5) is 38.3. The minimum atomic E-state index is -0.776. The van der Waals surface area contributed by atoms with E-state index in [0.29, 0.717) is 19.3 Å². The number of hydrogen-bond acceptors (Lipinski definition) is 6. The lowest BCUT2D eigenvalue weighted by molar-refractivity contribution is -0.167. The maximum atomic E-state index is 12.9. The van der Waals surface area contributed by atoms with E-state index in [1.807, 2.05) is 0 Å². The normalized spacial score (nSPS) is 12.4. The molecule has 0 fully saturated rings. The zero-order valence-corrected chi connectivity index (χ0v) is 52.2. The molecular weight excluding hydrogens is 961 g/mol. The molecule has 0 aromatic heterocycles. The zero-order valence-electron chi connectivity index (χ0n) is 52.2. The monoisotopic (exact) mass is 1090 g/mol. The first-order valence-electron chi connectivity index (χ1n) is 34.3. The van der Waals surface area contributed by atoms with Crippen molar-refractivity contribution >= 4 is 17.9 Å². The summed E-state index contributed by atoms with van der Waals surface area (Å²) in [6.07, 6.45) is 85.3. The van der Waals surface area contributed by atoms with Crippen LogP contribution in [0.1, 0.15) is 361 Å². The van der Waals surface area contributed by atoms with E-state index in [9.17, 15) is 14.4 Å². The average Bonchev–Trinajstić information content (AvgIpc) is 3.44. The molecule has 0 saturated carbocycles. The number of hydrogen-bond donors (Lipinski definition) is 0. The van der Waals surface area contributed by atoms with Crippen LogP contribution in [0.25, 0.3) is 0 Å². The third-order valence-corrected chi connectivity index (χ3v) is 15.2. The van der Waals surface area contributed by atoms with Gasteiger partial charge in [0.2, 0.25) is 0 Å². The first kappa shape index (κ1) is 75.1. The Morgan fingerprint density at radius 1 is 0.256 bits per heavy atom. The van der Waals surface area contributed by atoms with Crippen LogP contribution in [-0.2, 0) is 28.6 Å². The Bertz CT molecular complexity index is 1390. The Labute approximate surface area is 485 Å². The molecule has 0 rings (SSSR count). The van der Waals surface area contributed by atoms with Crippen LogP contribution in [-0.4, -0.2) is 37.2 Å². The van der Waals surface area contributed by atoms with Crippen molar-refractivity contribution in [2.75, 3.05) is 13.2 Å². The summed E-state index contributed by atoms with van der Waals surface area (Å²) in [5.41, 5.74) is 0. The minimum absolute atomic E-state index is 0.0728. The van der Waals surface area contributed by atoms with Crippen LogP contribution in [0.3, 0.4) is 0 Å². The third kappa shape index (κ3) is 63.9. The summed E-state index contributed by atoms with van der Waals surface area (Å²) >= 11 is 0. The quantitative estimate of drug-likeness (QED) is 0.0261. The van der Waals surface area contributed by atoms with Gasteiger partial charge in [-0.3, -0.25) is 14.4 Å². The lowest BCUT2D eigenvalue weighted by Gasteiger charge is -2.18. The van der Waals surface area contributed by atoms with Crippen LogP contribution in [0.15, 0.2) is 60.8 Å². The van der Waals surface area contributed by atoms with Gasteiger partial charge in [0, 0.05) is 19.3 Å². The summed E-state index contributed by atoms with van der Waals surface area (Å²) in [6, 6.07) is 0. The number of allylic oxidation sites excluding steroid dienone is 10. The second kappa shape index (κ2) is 66.6. The van der Waals surface area contributed by atoms with Gasteiger partial charge in [0.05, 0.1) is 0 Å². The highest BCUT2D eigenvalue weighted by atomic mass is 16.6. The molecule has 78 heavy (non-hydrogen) atoms. The van der Waals surface area contributed by atoms with Gasteiger partial charge in [-0.15, -0.1) is 0 Å². The van der Waals surface area contributed by atoms with Crippen molar-refractivity contribution in [3.63, 3.8) is 0 Å². The number of carbonyl (C=O) groups excluding carboxylic acids is 3. The predicted molar refractivity (Wildman–Crippen MR) is 339 cm³/mol. The molecule has 1 unspecified atom stereocenters. The topological polar surface area (TPSA) is 78.9 Å². The Morgan fingerprint density at radius 3 is 0.744 bits per heavy atom. The van der Waals surface area contributed by atoms with Gasteiger partial charge in [0.1, 0.15) is 13.2 Å². The van der Waals surface area contributed by atoms with E-state index in [4.69, 9.17) is 14.2 Å². The van der Waals surface area contributed by atoms with Crippen molar-refractivity contribution in [1.29, 1.82) is 0 Å². The molecule has 0 radical (unpaired) electrons. The molecule has 454 valence electrons. The summed E-state index contributed by atoms with van der Waals surface area (Å²) in [5, 5.41) is 0. The Balaban J connectivity index is 4.16. The molecule has 0 aliphatic carbocycles. The smallest absolute Gasteiger partial charge is 0.306 e. The fourth-order valence-corrected chi connectivity index (χ4v) is 10.1. The molecular formula is C72H130O6. The van der Waals surface area contributed by atoms with Crippen molar-refractivity contribution in [2.24, 2.45) is 0 Å². The molecule has 0 saturated heterocycles. The number of rotatable bonds is 63. The van der Waals surface area contributed by atoms with Gasteiger partial charge < -0.3 is 14.2 Å². The van der Waals surface area contributed by atoms with Gasteiger partial charge in [-0.25, -0.2) is 0 Å². The lowest BCUT2D eigenvalue weighted by atomic mass is 10.0. The highest BCUT2D eigenvalue weighted by Gasteiger charge is 2.19. The van der Waals surface area contributed by atoms with Crippen LogP contribution in [0.2, 0.25) is 0 Å². The predicted octanol–water partition coefficient (Wildman–Crippen LogP) is 23.5. The van der Waals surface area contributed by atoms with Crippen LogP contribution in [0, 0.1) is 0 Å². The van der Waals surface area contributed by atoms with E-state index in [1.54, 1.807) is 0 Å². The van der Waals surface area contributed by atoms with E-state index >= 15 is 0 Å². The maximum Gasteiger partial charge on any atom is 0.306 e. The van der Waals surface area contributed by atoms with Crippen LogP contribution in [0.5, 0.6) is 0 Å². The van der Waals surface area contributed by atoms with E-state index in [-0.39, 0.29) is 31.1 Å². The molecule has 0 aliphatic rings. The van der Waals surface area contributed by atoms with Gasteiger partial charge in [-0.1, -0.05) is 313 Å². The van der Waals surface area contributed by atoms with Crippen molar-refractivity contribution in [2.45, 2.75) is 367 Å². The fraction of sp³-hybridized carbons (Fsp3) is 0.819. The number of esters is 3. The fourth-order valence-electron chi connectivity index (χ4n) is 10.1. The van der Waals surface area contributed by atoms with E-state index < -0.39 is 6.10 Å². The SMILES string of the molecule is CCCCC/C=C\C/C=C\CCCCCCCCCC(=O)OC(COC(=O)CCCCCCCCCCCCCC)COC(=O)CCCCCCCCCCCCCCCCCC/C=C\C/C=C\C/C=C\CCCCCCC.